The first-order valence-electron chi connectivity index (χ1n) is 6.74. The number of aliphatic hydroxyl groups excluding tert-OH is 1. The van der Waals surface area contributed by atoms with Gasteiger partial charge in [0, 0.05) is 13.5 Å². The molecule has 2 rings (SSSR count). The fourth-order valence-corrected chi connectivity index (χ4v) is 3.02. The highest BCUT2D eigenvalue weighted by atomic mass is 35.5. The van der Waals surface area contributed by atoms with E-state index in [-0.39, 0.29) is 5.02 Å². The first kappa shape index (κ1) is 14.8. The third kappa shape index (κ3) is 3.28. The lowest BCUT2D eigenvalue weighted by atomic mass is 9.78. The fraction of sp³-hybridized carbons (Fsp3) is 0.600. The molecule has 1 atom stereocenters. The molecule has 0 heterocycles. The van der Waals surface area contributed by atoms with Crippen LogP contribution in [0.25, 0.3) is 0 Å². The smallest absolute Gasteiger partial charge is 0.142 e. The molecular formula is C15H20ClFO2. The quantitative estimate of drug-likeness (QED) is 0.914. The van der Waals surface area contributed by atoms with Gasteiger partial charge in [-0.05, 0) is 30.5 Å². The molecule has 0 amide bonds. The van der Waals surface area contributed by atoms with Crippen molar-refractivity contribution in [2.75, 3.05) is 7.11 Å². The van der Waals surface area contributed by atoms with E-state index in [1.165, 1.54) is 18.6 Å². The topological polar surface area (TPSA) is 29.5 Å². The Morgan fingerprint density at radius 3 is 2.63 bits per heavy atom. The van der Waals surface area contributed by atoms with Crippen LogP contribution < -0.4 is 0 Å². The molecule has 106 valence electrons. The van der Waals surface area contributed by atoms with Gasteiger partial charge in [0.15, 0.2) is 0 Å². The normalized spacial score (nSPS) is 20.2. The Kier molecular flexibility index (Phi) is 4.82. The number of ether oxygens (including phenoxy) is 1. The SMILES string of the molecule is COC1(C(O)Cc2ccc(Cl)c(F)c2)CCCCC1. The molecule has 1 saturated carbocycles. The van der Waals surface area contributed by atoms with E-state index in [9.17, 15) is 9.50 Å². The molecule has 0 bridgehead atoms. The highest BCUT2D eigenvalue weighted by Crippen LogP contribution is 2.35. The van der Waals surface area contributed by atoms with E-state index in [1.807, 2.05) is 0 Å². The minimum atomic E-state index is -0.613. The number of hydrogen-bond donors (Lipinski definition) is 1. The van der Waals surface area contributed by atoms with Crippen LogP contribution in [0.2, 0.25) is 5.02 Å². The number of benzene rings is 1. The summed E-state index contributed by atoms with van der Waals surface area (Å²) in [6.07, 6.45) is 4.83. The lowest BCUT2D eigenvalue weighted by Gasteiger charge is -2.40. The van der Waals surface area contributed by atoms with E-state index in [2.05, 4.69) is 0 Å². The van der Waals surface area contributed by atoms with Gasteiger partial charge in [0.1, 0.15) is 5.82 Å². The van der Waals surface area contributed by atoms with Gasteiger partial charge in [0.05, 0.1) is 16.7 Å². The predicted molar refractivity (Wildman–Crippen MR) is 73.9 cm³/mol. The molecule has 1 aromatic carbocycles. The largest absolute Gasteiger partial charge is 0.390 e. The highest BCUT2D eigenvalue weighted by molar-refractivity contribution is 6.30. The molecule has 19 heavy (non-hydrogen) atoms. The summed E-state index contributed by atoms with van der Waals surface area (Å²) in [5.41, 5.74) is 0.269. The first-order valence-corrected chi connectivity index (χ1v) is 7.12. The van der Waals surface area contributed by atoms with Crippen LogP contribution in [0.3, 0.4) is 0 Å². The molecule has 1 aromatic rings. The van der Waals surface area contributed by atoms with Gasteiger partial charge in [-0.25, -0.2) is 4.39 Å². The van der Waals surface area contributed by atoms with Crippen molar-refractivity contribution in [2.24, 2.45) is 0 Å². The summed E-state index contributed by atoms with van der Waals surface area (Å²) < 4.78 is 19.0. The van der Waals surface area contributed by atoms with Crippen LogP contribution in [-0.4, -0.2) is 23.9 Å². The highest BCUT2D eigenvalue weighted by Gasteiger charge is 2.39. The standard InChI is InChI=1S/C15H20ClFO2/c1-19-15(7-3-2-4-8-15)14(18)10-11-5-6-12(16)13(17)9-11/h5-6,9,14,18H,2-4,7-8,10H2,1H3. The Morgan fingerprint density at radius 2 is 2.05 bits per heavy atom. The minimum Gasteiger partial charge on any atom is -0.390 e. The molecule has 0 aliphatic heterocycles. The molecule has 1 fully saturated rings. The zero-order valence-corrected chi connectivity index (χ0v) is 11.9. The fourth-order valence-electron chi connectivity index (χ4n) is 2.90. The van der Waals surface area contributed by atoms with Crippen LogP contribution in [0.1, 0.15) is 37.7 Å². The van der Waals surface area contributed by atoms with Crippen molar-refractivity contribution in [1.29, 1.82) is 0 Å². The van der Waals surface area contributed by atoms with Gasteiger partial charge in [0.2, 0.25) is 0 Å². The monoisotopic (exact) mass is 286 g/mol. The first-order chi connectivity index (χ1) is 9.07. The Labute approximate surface area is 118 Å². The molecule has 1 aliphatic carbocycles. The summed E-state index contributed by atoms with van der Waals surface area (Å²) in [5.74, 6) is -0.443. The summed E-state index contributed by atoms with van der Waals surface area (Å²) in [5, 5.41) is 10.6. The van der Waals surface area contributed by atoms with Crippen LogP contribution >= 0.6 is 11.6 Å². The maximum atomic E-state index is 13.4. The number of aliphatic hydroxyl groups is 1. The lowest BCUT2D eigenvalue weighted by molar-refractivity contribution is -0.122. The van der Waals surface area contributed by atoms with Gasteiger partial charge >= 0.3 is 0 Å². The van der Waals surface area contributed by atoms with E-state index >= 15 is 0 Å². The Hall–Kier alpha value is -0.640. The Balaban J connectivity index is 2.10. The third-order valence-electron chi connectivity index (χ3n) is 4.13. The van der Waals surface area contributed by atoms with Crippen LogP contribution in [0.15, 0.2) is 18.2 Å². The average molecular weight is 287 g/mol. The van der Waals surface area contributed by atoms with Crippen molar-refractivity contribution in [1.82, 2.24) is 0 Å². The van der Waals surface area contributed by atoms with Crippen LogP contribution in [0.5, 0.6) is 0 Å². The van der Waals surface area contributed by atoms with E-state index in [1.54, 1.807) is 13.2 Å². The van der Waals surface area contributed by atoms with Gasteiger partial charge in [-0.3, -0.25) is 0 Å². The van der Waals surface area contributed by atoms with Crippen molar-refractivity contribution < 1.29 is 14.2 Å². The molecule has 0 aromatic heterocycles. The lowest BCUT2D eigenvalue weighted by Crippen LogP contribution is -2.46. The van der Waals surface area contributed by atoms with Crippen molar-refractivity contribution in [2.45, 2.75) is 50.2 Å². The van der Waals surface area contributed by atoms with Gasteiger partial charge in [0.25, 0.3) is 0 Å². The van der Waals surface area contributed by atoms with E-state index in [0.29, 0.717) is 6.42 Å². The summed E-state index contributed by atoms with van der Waals surface area (Å²) in [6, 6.07) is 4.66. The van der Waals surface area contributed by atoms with Crippen LogP contribution in [0.4, 0.5) is 4.39 Å². The third-order valence-corrected chi connectivity index (χ3v) is 4.43. The molecule has 0 radical (unpaired) electrons. The van der Waals surface area contributed by atoms with Crippen molar-refractivity contribution in [3.05, 3.63) is 34.6 Å². The molecule has 1 unspecified atom stereocenters. The Morgan fingerprint density at radius 1 is 1.37 bits per heavy atom. The number of methoxy groups -OCH3 is 1. The maximum absolute atomic E-state index is 13.4. The molecule has 2 nitrogen and oxygen atoms in total. The summed E-state index contributed by atoms with van der Waals surface area (Å²) in [7, 11) is 1.65. The average Bonchev–Trinajstić information content (AvgIpc) is 2.43. The van der Waals surface area contributed by atoms with Crippen LogP contribution in [0, 0.1) is 5.82 Å². The van der Waals surface area contributed by atoms with E-state index in [4.69, 9.17) is 16.3 Å². The Bertz CT molecular complexity index is 430. The molecule has 1 aliphatic rings. The number of hydrogen-bond acceptors (Lipinski definition) is 2. The molecule has 4 heteroatoms. The maximum Gasteiger partial charge on any atom is 0.142 e. The predicted octanol–water partition coefficient (Wildman–Crippen LogP) is 3.73. The zero-order valence-electron chi connectivity index (χ0n) is 11.2. The molecular weight excluding hydrogens is 267 g/mol. The summed E-state index contributed by atoms with van der Waals surface area (Å²) in [6.45, 7) is 0. The molecule has 0 saturated heterocycles. The second-order valence-electron chi connectivity index (χ2n) is 5.30. The second-order valence-corrected chi connectivity index (χ2v) is 5.71. The zero-order chi connectivity index (χ0) is 13.9. The summed E-state index contributed by atoms with van der Waals surface area (Å²) in [4.78, 5) is 0. The minimum absolute atomic E-state index is 0.109. The van der Waals surface area contributed by atoms with Gasteiger partial charge in [-0.15, -0.1) is 0 Å². The van der Waals surface area contributed by atoms with Crippen molar-refractivity contribution >= 4 is 11.6 Å². The van der Waals surface area contributed by atoms with Crippen LogP contribution in [-0.2, 0) is 11.2 Å². The summed E-state index contributed by atoms with van der Waals surface area (Å²) >= 11 is 5.66. The van der Waals surface area contributed by atoms with Crippen molar-refractivity contribution in [3.63, 3.8) is 0 Å². The molecule has 1 N–H and O–H groups in total. The second kappa shape index (κ2) is 6.21. The van der Waals surface area contributed by atoms with Gasteiger partial charge < -0.3 is 9.84 Å². The number of halogens is 2. The molecule has 0 spiro atoms. The van der Waals surface area contributed by atoms with Crippen molar-refractivity contribution in [3.8, 4) is 0 Å². The van der Waals surface area contributed by atoms with Gasteiger partial charge in [-0.2, -0.15) is 0 Å². The van der Waals surface area contributed by atoms with E-state index in [0.717, 1.165) is 31.2 Å². The van der Waals surface area contributed by atoms with Gasteiger partial charge in [-0.1, -0.05) is 36.9 Å². The number of rotatable bonds is 4. The van der Waals surface area contributed by atoms with E-state index < -0.39 is 17.5 Å².